The lowest BCUT2D eigenvalue weighted by atomic mass is 10.3. The van der Waals surface area contributed by atoms with Crippen LogP contribution in [0.5, 0.6) is 0 Å². The quantitative estimate of drug-likeness (QED) is 0.650. The Morgan fingerprint density at radius 3 is 2.92 bits per heavy atom. The smallest absolute Gasteiger partial charge is 0.263 e. The normalized spacial score (nSPS) is 10.3. The average Bonchev–Trinajstić information content (AvgIpc) is 2.40. The van der Waals surface area contributed by atoms with Crippen molar-refractivity contribution in [2.75, 3.05) is 0 Å². The summed E-state index contributed by atoms with van der Waals surface area (Å²) in [7, 11) is 0. The van der Waals surface area contributed by atoms with Gasteiger partial charge in [0.2, 0.25) is 0 Å². The summed E-state index contributed by atoms with van der Waals surface area (Å²) in [4.78, 5) is 10.5. The van der Waals surface area contributed by atoms with Crippen LogP contribution in [0.25, 0.3) is 10.2 Å². The molecule has 1 aromatic carbocycles. The summed E-state index contributed by atoms with van der Waals surface area (Å²) in [6, 6.07) is 7.58. The predicted octanol–water partition coefficient (Wildman–Crippen LogP) is 2.35. The van der Waals surface area contributed by atoms with Gasteiger partial charge in [0.25, 0.3) is 0 Å². The first kappa shape index (κ1) is 7.64. The molecule has 2 nitrogen and oxygen atoms in total. The maximum absolute atomic E-state index is 10.5. The molecule has 0 amide bonds. The Balaban J connectivity index is 3.00. The highest BCUT2D eigenvalue weighted by Gasteiger charge is 2.02. The van der Waals surface area contributed by atoms with E-state index in [1.807, 2.05) is 24.3 Å². The molecule has 0 aliphatic rings. The van der Waals surface area contributed by atoms with Crippen LogP contribution in [-0.4, -0.2) is 11.0 Å². The third-order valence-corrected chi connectivity index (χ3v) is 2.93. The van der Waals surface area contributed by atoms with Crippen LogP contribution in [0.2, 0.25) is 0 Å². The van der Waals surface area contributed by atoms with Crippen molar-refractivity contribution in [1.82, 2.24) is 4.57 Å². The molecule has 2 aromatic rings. The molecule has 1 aromatic heterocycles. The largest absolute Gasteiger partial charge is 0.323 e. The first-order valence-corrected chi connectivity index (χ1v) is 4.54. The summed E-state index contributed by atoms with van der Waals surface area (Å²) in [6.07, 6.45) is 1.79. The van der Waals surface area contributed by atoms with E-state index < -0.39 is 0 Å². The molecule has 59 valence electrons. The van der Waals surface area contributed by atoms with E-state index in [1.165, 1.54) is 15.9 Å². The zero-order valence-electron chi connectivity index (χ0n) is 5.98. The van der Waals surface area contributed by atoms with Crippen LogP contribution >= 0.6 is 23.6 Å². The van der Waals surface area contributed by atoms with E-state index in [1.54, 1.807) is 6.41 Å². The molecule has 1 heterocycles. The summed E-state index contributed by atoms with van der Waals surface area (Å²) < 4.78 is 2.92. The molecule has 0 aliphatic carbocycles. The highest BCUT2D eigenvalue weighted by molar-refractivity contribution is 7.73. The molecule has 4 heteroatoms. The number of para-hydroxylation sites is 1. The summed E-state index contributed by atoms with van der Waals surface area (Å²) in [5, 5.41) is 0. The van der Waals surface area contributed by atoms with Crippen molar-refractivity contribution in [1.29, 1.82) is 0 Å². The molecule has 0 fully saturated rings. The summed E-state index contributed by atoms with van der Waals surface area (Å²) in [5.74, 6) is 0. The zero-order chi connectivity index (χ0) is 8.55. The van der Waals surface area contributed by atoms with Gasteiger partial charge in [0, 0.05) is 0 Å². The molecule has 0 spiro atoms. The number of fused-ring (bicyclic) bond motifs is 1. The maximum atomic E-state index is 10.5. The van der Waals surface area contributed by atoms with Crippen LogP contribution < -0.4 is 0 Å². The van der Waals surface area contributed by atoms with Crippen molar-refractivity contribution in [3.63, 3.8) is 0 Å². The van der Waals surface area contributed by atoms with Gasteiger partial charge in [0.05, 0.1) is 10.2 Å². The van der Waals surface area contributed by atoms with Gasteiger partial charge < -0.3 is 0 Å². The molecule has 0 saturated carbocycles. The maximum Gasteiger partial charge on any atom is 0.323 e. The Labute approximate surface area is 78.1 Å². The van der Waals surface area contributed by atoms with Gasteiger partial charge >= 0.3 is 6.41 Å². The van der Waals surface area contributed by atoms with Crippen LogP contribution in [0.4, 0.5) is 0 Å². The fourth-order valence-electron chi connectivity index (χ4n) is 1.05. The minimum atomic E-state index is 0.547. The summed E-state index contributed by atoms with van der Waals surface area (Å²) in [6.45, 7) is 0. The third-order valence-electron chi connectivity index (χ3n) is 1.58. The average molecular weight is 194 g/mol. The van der Waals surface area contributed by atoms with Gasteiger partial charge in [0.15, 0.2) is 3.95 Å². The summed E-state index contributed by atoms with van der Waals surface area (Å²) >= 11 is 6.39. The Bertz CT molecular complexity index is 483. The fourth-order valence-corrected chi connectivity index (χ4v) is 2.28. The van der Waals surface area contributed by atoms with Crippen molar-refractivity contribution in [3.8, 4) is 0 Å². The second-order valence-corrected chi connectivity index (χ2v) is 3.94. The lowest BCUT2D eigenvalue weighted by Crippen LogP contribution is -1.91. The van der Waals surface area contributed by atoms with E-state index in [0.29, 0.717) is 3.95 Å². The van der Waals surface area contributed by atoms with Crippen molar-refractivity contribution < 1.29 is 4.79 Å². The molecule has 0 aliphatic heterocycles. The monoisotopic (exact) mass is 194 g/mol. The molecule has 0 unspecified atom stereocenters. The van der Waals surface area contributed by atoms with E-state index in [9.17, 15) is 4.79 Å². The molecule has 0 saturated heterocycles. The van der Waals surface area contributed by atoms with Gasteiger partial charge in [-0.3, -0.25) is 9.36 Å². The second-order valence-electron chi connectivity index (χ2n) is 2.26. The molecular weight excluding hydrogens is 190 g/mol. The number of hydrogen-bond acceptors (Lipinski definition) is 3. The predicted molar refractivity (Wildman–Crippen MR) is 51.7 cm³/mol. The molecular formula is C8H4NOS2. The fraction of sp³-hybridized carbons (Fsp3) is 0. The van der Waals surface area contributed by atoms with Gasteiger partial charge in [-0.25, -0.2) is 0 Å². The van der Waals surface area contributed by atoms with E-state index in [4.69, 9.17) is 12.2 Å². The lowest BCUT2D eigenvalue weighted by molar-refractivity contribution is 0.549. The van der Waals surface area contributed by atoms with Gasteiger partial charge in [-0.2, -0.15) is 0 Å². The first-order chi connectivity index (χ1) is 5.83. The van der Waals surface area contributed by atoms with Crippen LogP contribution in [0.15, 0.2) is 24.3 Å². The van der Waals surface area contributed by atoms with E-state index in [0.717, 1.165) is 10.2 Å². The number of benzene rings is 1. The highest BCUT2D eigenvalue weighted by atomic mass is 32.1. The molecule has 0 bridgehead atoms. The Hall–Kier alpha value is -1.00. The number of aromatic nitrogens is 1. The molecule has 2 rings (SSSR count). The molecule has 0 N–H and O–H groups in total. The van der Waals surface area contributed by atoms with E-state index >= 15 is 0 Å². The Kier molecular flexibility index (Phi) is 1.78. The number of thiazole rings is 1. The Morgan fingerprint density at radius 2 is 2.17 bits per heavy atom. The number of carbonyl (C=O) groups excluding carboxylic acids is 1. The molecule has 12 heavy (non-hydrogen) atoms. The van der Waals surface area contributed by atoms with E-state index in [-0.39, 0.29) is 0 Å². The van der Waals surface area contributed by atoms with Crippen molar-refractivity contribution in [2.24, 2.45) is 0 Å². The highest BCUT2D eigenvalue weighted by Crippen LogP contribution is 2.20. The SMILES string of the molecule is O=[C]n1c(=S)sc2ccccc21. The lowest BCUT2D eigenvalue weighted by Gasteiger charge is -1.88. The number of nitrogens with zero attached hydrogens (tertiary/aromatic N) is 1. The van der Waals surface area contributed by atoms with Gasteiger partial charge in [-0.15, -0.1) is 11.3 Å². The minimum Gasteiger partial charge on any atom is -0.263 e. The second kappa shape index (κ2) is 2.80. The Morgan fingerprint density at radius 1 is 1.42 bits per heavy atom. The van der Waals surface area contributed by atoms with Crippen molar-refractivity contribution >= 4 is 40.2 Å². The topological polar surface area (TPSA) is 22.0 Å². The molecule has 0 atom stereocenters. The van der Waals surface area contributed by atoms with Crippen LogP contribution in [0, 0.1) is 3.95 Å². The van der Waals surface area contributed by atoms with Gasteiger partial charge in [0.1, 0.15) is 0 Å². The zero-order valence-corrected chi connectivity index (χ0v) is 7.61. The van der Waals surface area contributed by atoms with Crippen molar-refractivity contribution in [3.05, 3.63) is 28.2 Å². The third kappa shape index (κ3) is 1.00. The van der Waals surface area contributed by atoms with E-state index in [2.05, 4.69) is 0 Å². The first-order valence-electron chi connectivity index (χ1n) is 3.31. The molecule has 1 radical (unpaired) electrons. The standard InChI is InChI=1S/C8H4NOS2/c10-5-9-6-3-1-2-4-7(6)12-8(9)11/h1-4H. The number of rotatable bonds is 1. The van der Waals surface area contributed by atoms with Crippen LogP contribution in [0.3, 0.4) is 0 Å². The minimum absolute atomic E-state index is 0.547. The van der Waals surface area contributed by atoms with Gasteiger partial charge in [-0.05, 0) is 24.4 Å². The summed E-state index contributed by atoms with van der Waals surface area (Å²) in [5.41, 5.74) is 0.836. The van der Waals surface area contributed by atoms with Crippen molar-refractivity contribution in [2.45, 2.75) is 0 Å². The van der Waals surface area contributed by atoms with Crippen LogP contribution in [0.1, 0.15) is 0 Å². The number of hydrogen-bond donors (Lipinski definition) is 0. The van der Waals surface area contributed by atoms with Crippen LogP contribution in [-0.2, 0) is 4.79 Å². The van der Waals surface area contributed by atoms with Gasteiger partial charge in [-0.1, -0.05) is 12.1 Å².